The monoisotopic (exact) mass is 265 g/mol. The number of hydrogen-bond acceptors (Lipinski definition) is 4. The first-order valence-corrected chi connectivity index (χ1v) is 5.80. The van der Waals surface area contributed by atoms with Crippen LogP contribution in [0.25, 0.3) is 0 Å². The van der Waals surface area contributed by atoms with Gasteiger partial charge in [-0.1, -0.05) is 17.7 Å². The third-order valence-electron chi connectivity index (χ3n) is 2.30. The van der Waals surface area contributed by atoms with E-state index in [1.54, 1.807) is 38.2 Å². The molecule has 0 spiro atoms. The molecule has 1 unspecified atom stereocenters. The Morgan fingerprint density at radius 3 is 2.89 bits per heavy atom. The molecule has 2 aromatic rings. The molecule has 18 heavy (non-hydrogen) atoms. The molecule has 0 fully saturated rings. The van der Waals surface area contributed by atoms with Gasteiger partial charge in [0.05, 0.1) is 6.20 Å². The van der Waals surface area contributed by atoms with Gasteiger partial charge in [-0.25, -0.2) is 9.97 Å². The normalized spacial score (nSPS) is 12.2. The van der Waals surface area contributed by atoms with Crippen LogP contribution in [0.4, 0.5) is 0 Å². The number of halogens is 1. The van der Waals surface area contributed by atoms with Crippen LogP contribution in [-0.4, -0.2) is 15.9 Å². The van der Waals surface area contributed by atoms with Crippen molar-refractivity contribution in [2.75, 3.05) is 0 Å². The summed E-state index contributed by atoms with van der Waals surface area (Å²) in [5.74, 6) is 0.843. The lowest BCUT2D eigenvalue weighted by atomic mass is 10.3. The van der Waals surface area contributed by atoms with Crippen LogP contribution >= 0.6 is 11.6 Å². The van der Waals surface area contributed by atoms with Gasteiger partial charge in [-0.05, 0) is 26.0 Å². The van der Waals surface area contributed by atoms with E-state index >= 15 is 0 Å². The van der Waals surface area contributed by atoms with Gasteiger partial charge in [-0.3, -0.25) is 4.79 Å². The molecule has 1 N–H and O–H groups in total. The van der Waals surface area contributed by atoms with E-state index in [2.05, 4.69) is 15.3 Å². The zero-order valence-corrected chi connectivity index (χ0v) is 10.7. The van der Waals surface area contributed by atoms with Crippen LogP contribution in [0, 0.1) is 6.92 Å². The second-order valence-corrected chi connectivity index (χ2v) is 4.24. The molecule has 0 saturated heterocycles. The quantitative estimate of drug-likeness (QED) is 0.866. The van der Waals surface area contributed by atoms with Gasteiger partial charge in [0.25, 0.3) is 5.91 Å². The Morgan fingerprint density at radius 2 is 2.28 bits per heavy atom. The number of oxazole rings is 1. The topological polar surface area (TPSA) is 68.0 Å². The van der Waals surface area contributed by atoms with E-state index in [0.29, 0.717) is 11.7 Å². The van der Waals surface area contributed by atoms with Crippen LogP contribution in [0.1, 0.15) is 35.1 Å². The fraction of sp³-hybridized carbons (Fsp3) is 0.250. The van der Waals surface area contributed by atoms with E-state index < -0.39 is 0 Å². The fourth-order valence-corrected chi connectivity index (χ4v) is 1.60. The van der Waals surface area contributed by atoms with Crippen molar-refractivity contribution in [1.29, 1.82) is 0 Å². The van der Waals surface area contributed by atoms with Crippen molar-refractivity contribution < 1.29 is 9.21 Å². The van der Waals surface area contributed by atoms with Crippen LogP contribution in [0.15, 0.2) is 28.8 Å². The van der Waals surface area contributed by atoms with Crippen LogP contribution in [-0.2, 0) is 0 Å². The van der Waals surface area contributed by atoms with Gasteiger partial charge in [0.2, 0.25) is 5.89 Å². The van der Waals surface area contributed by atoms with Gasteiger partial charge in [-0.15, -0.1) is 0 Å². The van der Waals surface area contributed by atoms with Crippen LogP contribution < -0.4 is 5.32 Å². The molecule has 0 aliphatic carbocycles. The van der Waals surface area contributed by atoms with Crippen molar-refractivity contribution in [3.63, 3.8) is 0 Å². The first-order valence-electron chi connectivity index (χ1n) is 5.42. The summed E-state index contributed by atoms with van der Waals surface area (Å²) < 4.78 is 5.33. The maximum Gasteiger partial charge on any atom is 0.270 e. The highest BCUT2D eigenvalue weighted by Gasteiger charge is 2.16. The number of aromatic nitrogens is 2. The largest absolute Gasteiger partial charge is 0.444 e. The van der Waals surface area contributed by atoms with Crippen molar-refractivity contribution in [2.24, 2.45) is 0 Å². The lowest BCUT2D eigenvalue weighted by Crippen LogP contribution is -2.27. The summed E-state index contributed by atoms with van der Waals surface area (Å²) in [6.45, 7) is 3.58. The third kappa shape index (κ3) is 2.87. The van der Waals surface area contributed by atoms with Crippen LogP contribution in [0.3, 0.4) is 0 Å². The number of carbonyl (C=O) groups is 1. The molecule has 2 heterocycles. The minimum atomic E-state index is -0.327. The fourth-order valence-electron chi connectivity index (χ4n) is 1.44. The molecule has 5 nitrogen and oxygen atoms in total. The lowest BCUT2D eigenvalue weighted by molar-refractivity contribution is 0.0929. The van der Waals surface area contributed by atoms with Crippen LogP contribution in [0.2, 0.25) is 5.15 Å². The highest BCUT2D eigenvalue weighted by molar-refractivity contribution is 6.29. The molecule has 0 bridgehead atoms. The predicted molar refractivity (Wildman–Crippen MR) is 66.4 cm³/mol. The summed E-state index contributed by atoms with van der Waals surface area (Å²) in [5.41, 5.74) is 0.262. The number of nitrogens with one attached hydrogen (secondary N) is 1. The third-order valence-corrected chi connectivity index (χ3v) is 2.52. The second-order valence-electron chi connectivity index (χ2n) is 3.85. The summed E-state index contributed by atoms with van der Waals surface area (Å²) in [5, 5.41) is 3.02. The number of carbonyl (C=O) groups excluding carboxylic acids is 1. The average Bonchev–Trinajstić information content (AvgIpc) is 2.76. The zero-order chi connectivity index (χ0) is 13.1. The van der Waals surface area contributed by atoms with Crippen molar-refractivity contribution in [3.8, 4) is 0 Å². The molecule has 0 aliphatic heterocycles. The minimum Gasteiger partial charge on any atom is -0.444 e. The average molecular weight is 266 g/mol. The van der Waals surface area contributed by atoms with E-state index in [4.69, 9.17) is 16.0 Å². The van der Waals surface area contributed by atoms with Gasteiger partial charge in [-0.2, -0.15) is 0 Å². The van der Waals surface area contributed by atoms with E-state index in [9.17, 15) is 4.79 Å². The van der Waals surface area contributed by atoms with Gasteiger partial charge < -0.3 is 9.73 Å². The number of pyridine rings is 1. The number of nitrogens with zero attached hydrogens (tertiary/aromatic N) is 2. The summed E-state index contributed by atoms with van der Waals surface area (Å²) in [6, 6.07) is 4.55. The Bertz CT molecular complexity index is 568. The van der Waals surface area contributed by atoms with Crippen molar-refractivity contribution >= 4 is 17.5 Å². The molecule has 1 amide bonds. The molecule has 2 aromatic heterocycles. The highest BCUT2D eigenvalue weighted by atomic mass is 35.5. The molecule has 0 radical (unpaired) electrons. The number of amides is 1. The molecular formula is C12H12ClN3O2. The van der Waals surface area contributed by atoms with E-state index in [-0.39, 0.29) is 22.8 Å². The van der Waals surface area contributed by atoms with E-state index in [0.717, 1.165) is 0 Å². The smallest absolute Gasteiger partial charge is 0.270 e. The summed E-state index contributed by atoms with van der Waals surface area (Å²) in [7, 11) is 0. The Labute approximate surface area is 109 Å². The van der Waals surface area contributed by atoms with Gasteiger partial charge in [0.15, 0.2) is 0 Å². The van der Waals surface area contributed by atoms with Crippen LogP contribution in [0.5, 0.6) is 0 Å². The second kappa shape index (κ2) is 5.18. The number of rotatable bonds is 3. The minimum absolute atomic E-state index is 0.262. The maximum absolute atomic E-state index is 11.9. The molecule has 94 valence electrons. The van der Waals surface area contributed by atoms with Gasteiger partial charge in [0, 0.05) is 0 Å². The molecule has 0 aromatic carbocycles. The first kappa shape index (κ1) is 12.6. The number of hydrogen-bond donors (Lipinski definition) is 1. The first-order chi connectivity index (χ1) is 8.56. The Kier molecular flexibility index (Phi) is 3.62. The van der Waals surface area contributed by atoms with E-state index in [1.165, 1.54) is 0 Å². The van der Waals surface area contributed by atoms with Crippen molar-refractivity contribution in [3.05, 3.63) is 46.9 Å². The maximum atomic E-state index is 11.9. The standard InChI is InChI=1S/C12H12ClN3O2/c1-7-6-14-12(18-7)8(2)15-11(17)9-4-3-5-10(13)16-9/h3-6,8H,1-2H3,(H,15,17). The number of aryl methyl sites for hydroxylation is 1. The Morgan fingerprint density at radius 1 is 1.50 bits per heavy atom. The predicted octanol–water partition coefficient (Wildman–Crippen LogP) is 2.52. The zero-order valence-electron chi connectivity index (χ0n) is 9.98. The van der Waals surface area contributed by atoms with Gasteiger partial charge >= 0.3 is 0 Å². The van der Waals surface area contributed by atoms with Crippen molar-refractivity contribution in [2.45, 2.75) is 19.9 Å². The van der Waals surface area contributed by atoms with Crippen molar-refractivity contribution in [1.82, 2.24) is 15.3 Å². The molecular weight excluding hydrogens is 254 g/mol. The summed E-state index contributed by atoms with van der Waals surface area (Å²) >= 11 is 5.72. The molecule has 1 atom stereocenters. The summed E-state index contributed by atoms with van der Waals surface area (Å²) in [4.78, 5) is 19.9. The summed E-state index contributed by atoms with van der Waals surface area (Å²) in [6.07, 6.45) is 1.61. The lowest BCUT2D eigenvalue weighted by Gasteiger charge is -2.09. The Hall–Kier alpha value is -1.88. The highest BCUT2D eigenvalue weighted by Crippen LogP contribution is 2.13. The van der Waals surface area contributed by atoms with E-state index in [1.807, 2.05) is 0 Å². The molecule has 0 aliphatic rings. The molecule has 2 rings (SSSR count). The molecule has 0 saturated carbocycles. The van der Waals surface area contributed by atoms with Gasteiger partial charge in [0.1, 0.15) is 22.6 Å². The SMILES string of the molecule is Cc1cnc(C(C)NC(=O)c2cccc(Cl)n2)o1. The molecule has 6 heteroatoms. The Balaban J connectivity index is 2.08.